The fourth-order valence-corrected chi connectivity index (χ4v) is 0.716. The molecule has 0 aromatic carbocycles. The van der Waals surface area contributed by atoms with Crippen LogP contribution in [-0.4, -0.2) is 88.0 Å². The fourth-order valence-electron chi connectivity index (χ4n) is 0.356. The minimum atomic E-state index is -3.93. The summed E-state index contributed by atoms with van der Waals surface area (Å²) in [6.45, 7) is 1.22. The first-order valence-corrected chi connectivity index (χ1v) is 4.22. The van der Waals surface area contributed by atoms with Gasteiger partial charge in [0.15, 0.2) is 0 Å². The van der Waals surface area contributed by atoms with Crippen LogP contribution < -0.4 is 5.32 Å². The predicted octanol–water partition coefficient (Wildman–Crippen LogP) is -2.20. The quantitative estimate of drug-likeness (QED) is 0.418. The van der Waals surface area contributed by atoms with Crippen LogP contribution in [0.3, 0.4) is 0 Å². The number of amides is 1. The van der Waals surface area contributed by atoms with Crippen LogP contribution in [0, 0.1) is 0 Å². The van der Waals surface area contributed by atoms with Gasteiger partial charge in [0, 0.05) is 64.9 Å². The summed E-state index contributed by atoms with van der Waals surface area (Å²) >= 11 is 0. The molecule has 0 atom stereocenters. The molecule has 0 fully saturated rings. The number of carbonyl (C=O) groups excluding carboxylic acids is 1. The molecule has 0 bridgehead atoms. The third-order valence-electron chi connectivity index (χ3n) is 0.734. The first kappa shape index (κ1) is 18.7. The summed E-state index contributed by atoms with van der Waals surface area (Å²) < 4.78 is 28.2. The second kappa shape index (κ2) is 8.57. The van der Waals surface area contributed by atoms with E-state index >= 15 is 0 Å². The van der Waals surface area contributed by atoms with Crippen LogP contribution in [0.25, 0.3) is 0 Å². The van der Waals surface area contributed by atoms with E-state index < -0.39 is 15.9 Å². The molecule has 6 nitrogen and oxygen atoms in total. The topological polar surface area (TPSA) is 115 Å². The van der Waals surface area contributed by atoms with Crippen LogP contribution in [0.2, 0.25) is 0 Å². The van der Waals surface area contributed by atoms with Crippen LogP contribution >= 0.6 is 0 Å². The zero-order valence-corrected chi connectivity index (χ0v) is 10.9. The van der Waals surface area contributed by atoms with Crippen molar-refractivity contribution >= 4 is 67.4 Å². The Balaban J connectivity index is -0.000000405. The summed E-state index contributed by atoms with van der Waals surface area (Å²) in [7, 11) is -3.93. The summed E-state index contributed by atoms with van der Waals surface area (Å²) in [6, 6.07) is 0. The molecule has 8 heteroatoms. The van der Waals surface area contributed by atoms with Gasteiger partial charge < -0.3 is 10.8 Å². The van der Waals surface area contributed by atoms with Gasteiger partial charge in [-0.25, -0.2) is 0 Å². The third-order valence-corrected chi connectivity index (χ3v) is 1.45. The summed E-state index contributed by atoms with van der Waals surface area (Å²) in [5.41, 5.74) is 0. The molecule has 0 heterocycles. The summed E-state index contributed by atoms with van der Waals surface area (Å²) in [5, 5.41) is 2.22. The van der Waals surface area contributed by atoms with E-state index in [2.05, 4.69) is 5.32 Å². The smallest absolute Gasteiger partial charge is 0.266 e. The van der Waals surface area contributed by atoms with Crippen molar-refractivity contribution in [2.75, 3.05) is 12.3 Å². The van der Waals surface area contributed by atoms with Gasteiger partial charge in [-0.2, -0.15) is 8.42 Å². The molecule has 0 saturated heterocycles. The third kappa shape index (κ3) is 17.2. The van der Waals surface area contributed by atoms with Gasteiger partial charge in [-0.1, -0.05) is 0 Å². The van der Waals surface area contributed by atoms with Crippen molar-refractivity contribution in [3.63, 3.8) is 0 Å². The van der Waals surface area contributed by atoms with E-state index in [1.807, 2.05) is 0 Å². The van der Waals surface area contributed by atoms with Gasteiger partial charge in [0.05, 0.1) is 5.75 Å². The molecular formula is C4H11KNO5S. The molecule has 0 aliphatic carbocycles. The van der Waals surface area contributed by atoms with Crippen LogP contribution in [0.5, 0.6) is 0 Å². The Morgan fingerprint density at radius 3 is 2.17 bits per heavy atom. The van der Waals surface area contributed by atoms with Crippen LogP contribution in [0.1, 0.15) is 6.92 Å². The van der Waals surface area contributed by atoms with Crippen molar-refractivity contribution in [2.24, 2.45) is 0 Å². The van der Waals surface area contributed by atoms with E-state index in [-0.39, 0.29) is 69.3 Å². The Kier molecular flexibility index (Phi) is 13.4. The van der Waals surface area contributed by atoms with E-state index in [1.165, 1.54) is 6.92 Å². The zero-order chi connectivity index (χ0) is 8.20. The molecule has 12 heavy (non-hydrogen) atoms. The number of nitrogens with one attached hydrogen (secondary N) is 1. The van der Waals surface area contributed by atoms with Crippen LogP contribution in [-0.2, 0) is 14.9 Å². The number of hydrogen-bond donors (Lipinski definition) is 2. The van der Waals surface area contributed by atoms with Crippen LogP contribution in [0.15, 0.2) is 0 Å². The average molecular weight is 224 g/mol. The van der Waals surface area contributed by atoms with E-state index in [4.69, 9.17) is 4.55 Å². The van der Waals surface area contributed by atoms with Gasteiger partial charge in [-0.3, -0.25) is 9.35 Å². The van der Waals surface area contributed by atoms with E-state index in [9.17, 15) is 13.2 Å². The Hall–Kier alpha value is 0.976. The molecule has 0 unspecified atom stereocenters. The molecular weight excluding hydrogens is 213 g/mol. The maximum atomic E-state index is 10.1. The standard InChI is InChI=1S/C4H9NO4S.K.H2O/c1-4(6)5-2-3-10(7,8)9;;/h2-3H2,1H3,(H,5,6)(H,7,8,9);;1H2. The van der Waals surface area contributed by atoms with Gasteiger partial charge in [0.2, 0.25) is 5.91 Å². The Bertz CT molecular complexity index is 213. The molecule has 0 aliphatic rings. The molecule has 0 spiro atoms. The minimum Gasteiger partial charge on any atom is -0.412 e. The second-order valence-corrected chi connectivity index (χ2v) is 3.34. The molecule has 4 N–H and O–H groups in total. The summed E-state index contributed by atoms with van der Waals surface area (Å²) in [6.07, 6.45) is 0. The molecule has 1 radical (unpaired) electrons. The van der Waals surface area contributed by atoms with Gasteiger partial charge in [-0.15, -0.1) is 0 Å². The van der Waals surface area contributed by atoms with Gasteiger partial charge in [0.1, 0.15) is 0 Å². The van der Waals surface area contributed by atoms with E-state index in [0.717, 1.165) is 0 Å². The average Bonchev–Trinajstić information content (AvgIpc) is 1.59. The molecule has 1 amide bonds. The summed E-state index contributed by atoms with van der Waals surface area (Å²) in [4.78, 5) is 10.1. The number of carbonyl (C=O) groups is 1. The van der Waals surface area contributed by atoms with Crippen molar-refractivity contribution in [2.45, 2.75) is 6.92 Å². The fraction of sp³-hybridized carbons (Fsp3) is 0.750. The molecule has 0 aromatic heterocycles. The van der Waals surface area contributed by atoms with Crippen molar-refractivity contribution in [3.8, 4) is 0 Å². The van der Waals surface area contributed by atoms with Gasteiger partial charge in [-0.05, 0) is 0 Å². The monoisotopic (exact) mass is 224 g/mol. The largest absolute Gasteiger partial charge is 0.412 e. The van der Waals surface area contributed by atoms with Crippen molar-refractivity contribution in [1.29, 1.82) is 0 Å². The summed E-state index contributed by atoms with van der Waals surface area (Å²) in [5.74, 6) is -0.754. The minimum absolute atomic E-state index is 0. The van der Waals surface area contributed by atoms with Gasteiger partial charge >= 0.3 is 0 Å². The van der Waals surface area contributed by atoms with Crippen LogP contribution in [0.4, 0.5) is 0 Å². The van der Waals surface area contributed by atoms with Crippen molar-refractivity contribution in [1.82, 2.24) is 5.32 Å². The normalized spacial score (nSPS) is 9.17. The SMILES string of the molecule is CC(=O)NCCS(=O)(=O)O.O.[K]. The number of hydrogen-bond acceptors (Lipinski definition) is 3. The first-order valence-electron chi connectivity index (χ1n) is 2.61. The van der Waals surface area contributed by atoms with E-state index in [1.54, 1.807) is 0 Å². The van der Waals surface area contributed by atoms with Crippen molar-refractivity contribution < 1.29 is 23.2 Å². The second-order valence-electron chi connectivity index (χ2n) is 1.77. The van der Waals surface area contributed by atoms with Gasteiger partial charge in [0.25, 0.3) is 10.1 Å². The Labute approximate surface area is 114 Å². The molecule has 0 aliphatic heterocycles. The van der Waals surface area contributed by atoms with Crippen molar-refractivity contribution in [3.05, 3.63) is 0 Å². The predicted molar refractivity (Wildman–Crippen MR) is 44.5 cm³/mol. The number of rotatable bonds is 3. The first-order chi connectivity index (χ1) is 4.42. The Morgan fingerprint density at radius 1 is 1.50 bits per heavy atom. The Morgan fingerprint density at radius 2 is 1.92 bits per heavy atom. The molecule has 0 aromatic rings. The van der Waals surface area contributed by atoms with E-state index in [0.29, 0.717) is 0 Å². The maximum absolute atomic E-state index is 10.1. The zero-order valence-electron chi connectivity index (χ0n) is 6.99. The maximum Gasteiger partial charge on any atom is 0.266 e. The molecule has 0 rings (SSSR count). The molecule has 0 saturated carbocycles. The molecule has 69 valence electrons.